The molecule has 2 rings (SSSR count). The van der Waals surface area contributed by atoms with Gasteiger partial charge in [-0.1, -0.05) is 6.58 Å². The molecule has 0 bridgehead atoms. The fourth-order valence-corrected chi connectivity index (χ4v) is 1.71. The van der Waals surface area contributed by atoms with Crippen molar-refractivity contribution in [1.82, 2.24) is 0 Å². The lowest BCUT2D eigenvalue weighted by Gasteiger charge is -2.13. The predicted molar refractivity (Wildman–Crippen MR) is 56.0 cm³/mol. The Balaban J connectivity index is 2.41. The summed E-state index contributed by atoms with van der Waals surface area (Å²) in [4.78, 5) is 10.6. The molecule has 78 valence electrons. The Morgan fingerprint density at radius 2 is 2.33 bits per heavy atom. The van der Waals surface area contributed by atoms with Gasteiger partial charge in [-0.25, -0.2) is 0 Å². The van der Waals surface area contributed by atoms with Crippen molar-refractivity contribution in [1.29, 1.82) is 0 Å². The Labute approximate surface area is 88.0 Å². The molecule has 0 aliphatic carbocycles. The first kappa shape index (κ1) is 9.93. The van der Waals surface area contributed by atoms with Crippen LogP contribution in [0.4, 0.5) is 0 Å². The van der Waals surface area contributed by atoms with Gasteiger partial charge in [-0.2, -0.15) is 0 Å². The van der Waals surface area contributed by atoms with Gasteiger partial charge >= 0.3 is 0 Å². The van der Waals surface area contributed by atoms with Crippen LogP contribution in [0, 0.1) is 0 Å². The summed E-state index contributed by atoms with van der Waals surface area (Å²) in [6.07, 6.45) is -0.375. The third-order valence-corrected chi connectivity index (χ3v) is 2.51. The largest absolute Gasteiger partial charge is 0.483 e. The lowest BCUT2D eigenvalue weighted by atomic mass is 10.0. The van der Waals surface area contributed by atoms with Crippen LogP contribution in [0.5, 0.6) is 5.75 Å². The maximum Gasteiger partial charge on any atom is 0.150 e. The molecular weight excluding hydrogens is 192 g/mol. The van der Waals surface area contributed by atoms with Gasteiger partial charge in [0.1, 0.15) is 24.2 Å². The molecule has 0 spiro atoms. The van der Waals surface area contributed by atoms with E-state index in [9.17, 15) is 9.90 Å². The number of aliphatic hydroxyl groups is 1. The van der Waals surface area contributed by atoms with Crippen LogP contribution in [0.15, 0.2) is 30.4 Å². The standard InChI is InChI=1S/C12H12O3/c1-7(2)12-11(14)9-5-8(6-13)3-4-10(9)15-12/h3-6,11-12,14H,1H2,2H3/t11-,12+/m1/s1. The molecule has 0 fully saturated rings. The normalized spacial score (nSPS) is 23.1. The molecule has 1 aromatic carbocycles. The summed E-state index contributed by atoms with van der Waals surface area (Å²) in [5.41, 5.74) is 1.97. The zero-order chi connectivity index (χ0) is 11.0. The summed E-state index contributed by atoms with van der Waals surface area (Å²) in [6, 6.07) is 5.01. The minimum absolute atomic E-state index is 0.401. The number of fused-ring (bicyclic) bond motifs is 1. The molecule has 0 amide bonds. The molecule has 0 saturated carbocycles. The van der Waals surface area contributed by atoms with Crippen LogP contribution in [0.25, 0.3) is 0 Å². The number of aldehydes is 1. The minimum Gasteiger partial charge on any atom is -0.483 e. The quantitative estimate of drug-likeness (QED) is 0.591. The highest BCUT2D eigenvalue weighted by molar-refractivity contribution is 5.76. The molecule has 15 heavy (non-hydrogen) atoms. The fourth-order valence-electron chi connectivity index (χ4n) is 1.71. The molecule has 0 aromatic heterocycles. The third kappa shape index (κ3) is 1.55. The molecule has 1 N–H and O–H groups in total. The van der Waals surface area contributed by atoms with Crippen molar-refractivity contribution in [3.8, 4) is 5.75 Å². The highest BCUT2D eigenvalue weighted by Crippen LogP contribution is 2.39. The lowest BCUT2D eigenvalue weighted by Crippen LogP contribution is -2.19. The molecule has 1 heterocycles. The Morgan fingerprint density at radius 3 is 2.93 bits per heavy atom. The van der Waals surface area contributed by atoms with Crippen molar-refractivity contribution in [2.75, 3.05) is 0 Å². The summed E-state index contributed by atoms with van der Waals surface area (Å²) in [5, 5.41) is 9.93. The van der Waals surface area contributed by atoms with Gasteiger partial charge in [-0.15, -0.1) is 0 Å². The molecule has 1 aromatic rings. The van der Waals surface area contributed by atoms with E-state index in [0.29, 0.717) is 16.9 Å². The summed E-state index contributed by atoms with van der Waals surface area (Å²) in [6.45, 7) is 5.56. The molecule has 1 aliphatic heterocycles. The highest BCUT2D eigenvalue weighted by atomic mass is 16.5. The Hall–Kier alpha value is -1.61. The van der Waals surface area contributed by atoms with Gasteiger partial charge < -0.3 is 9.84 Å². The number of hydrogen-bond donors (Lipinski definition) is 1. The van der Waals surface area contributed by atoms with E-state index >= 15 is 0 Å². The maximum atomic E-state index is 10.6. The monoisotopic (exact) mass is 204 g/mol. The van der Waals surface area contributed by atoms with Crippen molar-refractivity contribution in [3.63, 3.8) is 0 Å². The minimum atomic E-state index is -0.725. The molecule has 3 nitrogen and oxygen atoms in total. The number of hydrogen-bond acceptors (Lipinski definition) is 3. The van der Waals surface area contributed by atoms with E-state index in [1.54, 1.807) is 25.1 Å². The van der Waals surface area contributed by atoms with Gasteiger partial charge in [0.25, 0.3) is 0 Å². The Kier molecular flexibility index (Phi) is 2.32. The van der Waals surface area contributed by atoms with Gasteiger partial charge in [0, 0.05) is 11.1 Å². The van der Waals surface area contributed by atoms with E-state index < -0.39 is 12.2 Å². The first-order valence-corrected chi connectivity index (χ1v) is 4.72. The third-order valence-electron chi connectivity index (χ3n) is 2.51. The van der Waals surface area contributed by atoms with E-state index in [2.05, 4.69) is 6.58 Å². The fraction of sp³-hybridized carbons (Fsp3) is 0.250. The number of carbonyl (C=O) groups is 1. The van der Waals surface area contributed by atoms with Crippen LogP contribution >= 0.6 is 0 Å². The van der Waals surface area contributed by atoms with Crippen molar-refractivity contribution in [2.45, 2.75) is 19.1 Å². The molecule has 1 aliphatic rings. The summed E-state index contributed by atoms with van der Waals surface area (Å²) in [5.74, 6) is 0.626. The molecule has 2 atom stereocenters. The first-order chi connectivity index (χ1) is 7.13. The van der Waals surface area contributed by atoms with Gasteiger partial charge in [-0.05, 0) is 30.7 Å². The molecule has 3 heteroatoms. The van der Waals surface area contributed by atoms with Crippen LogP contribution in [-0.4, -0.2) is 17.5 Å². The SMILES string of the molecule is C=C(C)[C@@H]1Oc2ccc(C=O)cc2[C@H]1O. The topological polar surface area (TPSA) is 46.5 Å². The zero-order valence-corrected chi connectivity index (χ0v) is 8.43. The van der Waals surface area contributed by atoms with E-state index in [4.69, 9.17) is 4.74 Å². The second kappa shape index (κ2) is 3.51. The van der Waals surface area contributed by atoms with Crippen molar-refractivity contribution in [2.24, 2.45) is 0 Å². The van der Waals surface area contributed by atoms with Crippen LogP contribution < -0.4 is 4.74 Å². The lowest BCUT2D eigenvalue weighted by molar-refractivity contribution is 0.0901. The molecule has 0 saturated heterocycles. The van der Waals surface area contributed by atoms with Crippen LogP contribution in [0.1, 0.15) is 28.9 Å². The van der Waals surface area contributed by atoms with Gasteiger partial charge in [0.05, 0.1) is 0 Å². The number of carbonyl (C=O) groups excluding carboxylic acids is 1. The molecule has 0 radical (unpaired) electrons. The van der Waals surface area contributed by atoms with Gasteiger partial charge in [0.15, 0.2) is 0 Å². The van der Waals surface area contributed by atoms with Crippen LogP contribution in [-0.2, 0) is 0 Å². The second-order valence-electron chi connectivity index (χ2n) is 3.74. The predicted octanol–water partition coefficient (Wildman–Crippen LogP) is 1.87. The zero-order valence-electron chi connectivity index (χ0n) is 8.43. The summed E-state index contributed by atoms with van der Waals surface area (Å²) in [7, 11) is 0. The molecular formula is C12H12O3. The number of rotatable bonds is 2. The Bertz CT molecular complexity index is 423. The van der Waals surface area contributed by atoms with Gasteiger partial charge in [0.2, 0.25) is 0 Å². The summed E-state index contributed by atoms with van der Waals surface area (Å²) >= 11 is 0. The van der Waals surface area contributed by atoms with E-state index in [-0.39, 0.29) is 0 Å². The van der Waals surface area contributed by atoms with Crippen LogP contribution in [0.3, 0.4) is 0 Å². The first-order valence-electron chi connectivity index (χ1n) is 4.72. The van der Waals surface area contributed by atoms with E-state index in [1.165, 1.54) is 0 Å². The second-order valence-corrected chi connectivity index (χ2v) is 3.74. The van der Waals surface area contributed by atoms with Crippen molar-refractivity contribution in [3.05, 3.63) is 41.5 Å². The van der Waals surface area contributed by atoms with Crippen molar-refractivity contribution >= 4 is 6.29 Å². The van der Waals surface area contributed by atoms with E-state index in [0.717, 1.165) is 11.9 Å². The number of ether oxygens (including phenoxy) is 1. The Morgan fingerprint density at radius 1 is 1.60 bits per heavy atom. The maximum absolute atomic E-state index is 10.6. The van der Waals surface area contributed by atoms with Gasteiger partial charge in [-0.3, -0.25) is 4.79 Å². The number of aliphatic hydroxyl groups excluding tert-OH is 1. The van der Waals surface area contributed by atoms with Crippen molar-refractivity contribution < 1.29 is 14.6 Å². The number of benzene rings is 1. The van der Waals surface area contributed by atoms with Crippen LogP contribution in [0.2, 0.25) is 0 Å². The average Bonchev–Trinajstić information content (AvgIpc) is 2.56. The highest BCUT2D eigenvalue weighted by Gasteiger charge is 2.33. The summed E-state index contributed by atoms with van der Waals surface area (Å²) < 4.78 is 5.51. The van der Waals surface area contributed by atoms with E-state index in [1.807, 2.05) is 0 Å². The smallest absolute Gasteiger partial charge is 0.150 e. The molecule has 0 unspecified atom stereocenters. The average molecular weight is 204 g/mol.